The molecule has 4 heterocycles. The lowest BCUT2D eigenvalue weighted by molar-refractivity contribution is -0.157. The number of pyridine rings is 2. The number of halogens is 1. The summed E-state index contributed by atoms with van der Waals surface area (Å²) in [5, 5.41) is 20.4. The van der Waals surface area contributed by atoms with Crippen LogP contribution in [0.1, 0.15) is 65.7 Å². The minimum atomic E-state index is -1.53. The maximum Gasteiger partial charge on any atom is 0.340 e. The van der Waals surface area contributed by atoms with Crippen molar-refractivity contribution in [2.45, 2.75) is 58.8 Å². The highest BCUT2D eigenvalue weighted by Gasteiger charge is 2.37. The van der Waals surface area contributed by atoms with E-state index in [9.17, 15) is 19.1 Å². The number of aliphatic hydroxyl groups excluding tert-OH is 2. The van der Waals surface area contributed by atoms with Gasteiger partial charge < -0.3 is 24.3 Å². The number of carbonyl (C=O) groups is 1. The molecule has 38 heavy (non-hydrogen) atoms. The number of nitrogens with zero attached hydrogens (tertiary/aromatic N) is 2. The van der Waals surface area contributed by atoms with Crippen molar-refractivity contribution in [2.75, 3.05) is 19.8 Å². The molecule has 9 heteroatoms. The fourth-order valence-corrected chi connectivity index (χ4v) is 5.65. The molecule has 3 aromatic rings. The van der Waals surface area contributed by atoms with Crippen molar-refractivity contribution in [2.24, 2.45) is 0 Å². The van der Waals surface area contributed by atoms with Gasteiger partial charge in [0.15, 0.2) is 6.10 Å². The van der Waals surface area contributed by atoms with Crippen molar-refractivity contribution in [3.05, 3.63) is 74.8 Å². The topological polar surface area (TPSA) is 111 Å². The van der Waals surface area contributed by atoms with Crippen molar-refractivity contribution in [1.29, 1.82) is 0 Å². The van der Waals surface area contributed by atoms with E-state index >= 15 is 0 Å². The van der Waals surface area contributed by atoms with E-state index < -0.39 is 12.1 Å². The minimum absolute atomic E-state index is 0.00157. The number of hydrogen-bond donors (Lipinski definition) is 2. The number of aliphatic hydroxyl groups is 2. The average Bonchev–Trinajstić information content (AvgIpc) is 3.31. The van der Waals surface area contributed by atoms with Crippen LogP contribution in [0.15, 0.2) is 30.1 Å². The summed E-state index contributed by atoms with van der Waals surface area (Å²) in [4.78, 5) is 30.0. The van der Waals surface area contributed by atoms with Gasteiger partial charge in [-0.05, 0) is 42.5 Å². The number of aromatic nitrogens is 2. The van der Waals surface area contributed by atoms with E-state index in [0.29, 0.717) is 35.5 Å². The van der Waals surface area contributed by atoms with Gasteiger partial charge in [0.2, 0.25) is 0 Å². The Bertz CT molecular complexity index is 1460. The molecule has 8 nitrogen and oxygen atoms in total. The Labute approximate surface area is 220 Å². The number of aryl methyl sites for hydroxylation is 1. The number of fused-ring (bicyclic) bond motifs is 5. The molecule has 2 N–H and O–H groups in total. The number of ether oxygens (including phenoxy) is 2. The summed E-state index contributed by atoms with van der Waals surface area (Å²) in [6.07, 6.45) is -0.0958. The van der Waals surface area contributed by atoms with Crippen LogP contribution < -0.4 is 5.56 Å². The van der Waals surface area contributed by atoms with Crippen LogP contribution in [0.3, 0.4) is 0 Å². The van der Waals surface area contributed by atoms with Gasteiger partial charge in [-0.15, -0.1) is 13.2 Å². The van der Waals surface area contributed by atoms with Gasteiger partial charge in [0.25, 0.3) is 5.56 Å². The summed E-state index contributed by atoms with van der Waals surface area (Å²) in [5.41, 5.74) is 5.11. The zero-order valence-corrected chi connectivity index (χ0v) is 22.0. The molecule has 0 bridgehead atoms. The molecular weight excluding hydrogens is 491 g/mol. The Morgan fingerprint density at radius 3 is 2.66 bits per heavy atom. The first-order valence-electron chi connectivity index (χ1n) is 12.9. The smallest absolute Gasteiger partial charge is 0.340 e. The second-order valence-corrected chi connectivity index (χ2v) is 9.11. The molecule has 3 aliphatic rings. The monoisotopic (exact) mass is 524 g/mol. The summed E-state index contributed by atoms with van der Waals surface area (Å²) < 4.78 is 27.0. The molecule has 0 saturated heterocycles. The molecule has 6 rings (SSSR count). The molecular formula is C29H33FN2O6. The maximum atomic E-state index is 14.8. The highest BCUT2D eigenvalue weighted by Crippen LogP contribution is 2.46. The van der Waals surface area contributed by atoms with E-state index in [0.717, 1.165) is 28.5 Å². The lowest BCUT2D eigenvalue weighted by atomic mass is 9.78. The van der Waals surface area contributed by atoms with Gasteiger partial charge in [0.1, 0.15) is 12.4 Å². The third kappa shape index (κ3) is 4.24. The fraction of sp³-hybridized carbons (Fsp3) is 0.414. The molecule has 202 valence electrons. The normalized spacial score (nSPS) is 18.3. The van der Waals surface area contributed by atoms with Gasteiger partial charge in [-0.1, -0.05) is 13.8 Å². The standard InChI is InChI=1S/C25H23FN2O6.C2H6.C2H4/c1-11-13-3-2-12(9-33-5-4-29)20-15-8-28-19(22(15)27-18(21(13)20)7-17(11)26)6-14-16(24(28)31)10-34-25(32)23(14)30;2*1-2/h6-7,12,23,29-30H,2-5,8-10H2,1H3;1-2H3;1-2H2. The van der Waals surface area contributed by atoms with Crippen molar-refractivity contribution < 1.29 is 28.9 Å². The lowest BCUT2D eigenvalue weighted by Crippen LogP contribution is -2.32. The van der Waals surface area contributed by atoms with Gasteiger partial charge in [0, 0.05) is 28.5 Å². The van der Waals surface area contributed by atoms with Gasteiger partial charge in [-0.2, -0.15) is 0 Å². The number of rotatable bonds is 4. The van der Waals surface area contributed by atoms with E-state index in [-0.39, 0.29) is 54.8 Å². The molecule has 0 saturated carbocycles. The number of benzene rings is 1. The SMILES string of the molecule is C=C.CC.Cc1c(F)cc2nc3c(c4c2c1CCC4COCCO)Cn1c-3cc2c(c1=O)COC(=O)C2O. The number of cyclic esters (lactones) is 1. The predicted octanol–water partition coefficient (Wildman–Crippen LogP) is 3.83. The molecule has 1 aliphatic carbocycles. The fourth-order valence-electron chi connectivity index (χ4n) is 5.65. The average molecular weight is 525 g/mol. The quantitative estimate of drug-likeness (QED) is 0.237. The van der Waals surface area contributed by atoms with Crippen LogP contribution in [0.25, 0.3) is 22.3 Å². The minimum Gasteiger partial charge on any atom is -0.458 e. The van der Waals surface area contributed by atoms with Crippen molar-refractivity contribution in [3.8, 4) is 11.4 Å². The van der Waals surface area contributed by atoms with Crippen molar-refractivity contribution >= 4 is 16.9 Å². The van der Waals surface area contributed by atoms with Crippen LogP contribution in [-0.4, -0.2) is 45.6 Å². The third-order valence-electron chi connectivity index (χ3n) is 7.32. The van der Waals surface area contributed by atoms with Gasteiger partial charge >= 0.3 is 5.97 Å². The Morgan fingerprint density at radius 1 is 1.21 bits per heavy atom. The zero-order chi connectivity index (χ0) is 27.7. The maximum absolute atomic E-state index is 14.8. The molecule has 0 spiro atoms. The highest BCUT2D eigenvalue weighted by molar-refractivity contribution is 5.93. The van der Waals surface area contributed by atoms with Crippen LogP contribution in [0.4, 0.5) is 4.39 Å². The molecule has 0 fully saturated rings. The summed E-state index contributed by atoms with van der Waals surface area (Å²) in [6, 6.07) is 3.06. The van der Waals surface area contributed by atoms with Crippen LogP contribution in [0, 0.1) is 12.7 Å². The first-order chi connectivity index (χ1) is 18.4. The lowest BCUT2D eigenvalue weighted by Gasteiger charge is -2.29. The van der Waals surface area contributed by atoms with Crippen LogP contribution in [0.5, 0.6) is 0 Å². The molecule has 2 aromatic heterocycles. The first-order valence-corrected chi connectivity index (χ1v) is 12.9. The summed E-state index contributed by atoms with van der Waals surface area (Å²) in [6.45, 7) is 12.4. The Kier molecular flexibility index (Phi) is 8.10. The molecule has 0 radical (unpaired) electrons. The van der Waals surface area contributed by atoms with E-state index in [1.807, 2.05) is 13.8 Å². The summed E-state index contributed by atoms with van der Waals surface area (Å²) >= 11 is 0. The summed E-state index contributed by atoms with van der Waals surface area (Å²) in [5.74, 6) is -1.12. The third-order valence-corrected chi connectivity index (χ3v) is 7.32. The van der Waals surface area contributed by atoms with E-state index in [4.69, 9.17) is 19.6 Å². The van der Waals surface area contributed by atoms with E-state index in [1.54, 1.807) is 17.6 Å². The van der Waals surface area contributed by atoms with Gasteiger partial charge in [0.05, 0.1) is 48.8 Å². The van der Waals surface area contributed by atoms with Gasteiger partial charge in [-0.3, -0.25) is 4.79 Å². The highest BCUT2D eigenvalue weighted by atomic mass is 19.1. The van der Waals surface area contributed by atoms with E-state index in [2.05, 4.69) is 13.2 Å². The number of hydrogen-bond acceptors (Lipinski definition) is 7. The molecule has 2 aliphatic heterocycles. The molecule has 0 amide bonds. The summed E-state index contributed by atoms with van der Waals surface area (Å²) in [7, 11) is 0. The van der Waals surface area contributed by atoms with Gasteiger partial charge in [-0.25, -0.2) is 14.2 Å². The largest absolute Gasteiger partial charge is 0.458 e. The van der Waals surface area contributed by atoms with E-state index in [1.165, 1.54) is 6.07 Å². The number of carbonyl (C=O) groups excluding carboxylic acids is 1. The number of esters is 1. The van der Waals surface area contributed by atoms with Crippen molar-refractivity contribution in [1.82, 2.24) is 9.55 Å². The van der Waals surface area contributed by atoms with Crippen LogP contribution >= 0.6 is 0 Å². The molecule has 2 unspecified atom stereocenters. The first kappa shape index (κ1) is 27.6. The Balaban J connectivity index is 0.000000804. The Morgan fingerprint density at radius 2 is 1.95 bits per heavy atom. The van der Waals surface area contributed by atoms with Crippen LogP contribution in [-0.2, 0) is 33.8 Å². The molecule has 1 aromatic carbocycles. The molecule has 2 atom stereocenters. The second-order valence-electron chi connectivity index (χ2n) is 9.11. The zero-order valence-electron chi connectivity index (χ0n) is 22.0. The Hall–Kier alpha value is -3.40. The predicted molar refractivity (Wildman–Crippen MR) is 142 cm³/mol. The van der Waals surface area contributed by atoms with Crippen LogP contribution in [0.2, 0.25) is 0 Å². The van der Waals surface area contributed by atoms with Crippen molar-refractivity contribution in [3.63, 3.8) is 0 Å². The second kappa shape index (κ2) is 11.1.